The van der Waals surface area contributed by atoms with Crippen LogP contribution in [0.25, 0.3) is 0 Å². The molecular weight excluding hydrogens is 332 g/mol. The predicted molar refractivity (Wildman–Crippen MR) is 93.2 cm³/mol. The van der Waals surface area contributed by atoms with Gasteiger partial charge in [-0.3, -0.25) is 9.97 Å². The highest BCUT2D eigenvalue weighted by Crippen LogP contribution is 2.10. The number of esters is 2. The van der Waals surface area contributed by atoms with Crippen molar-refractivity contribution in [1.29, 1.82) is 0 Å². The number of rotatable bonds is 6. The number of ether oxygens (including phenoxy) is 2. The van der Waals surface area contributed by atoms with Gasteiger partial charge in [0.1, 0.15) is 13.2 Å². The smallest absolute Gasteiger partial charge is 0.338 e. The minimum Gasteiger partial charge on any atom is -0.456 e. The zero-order valence-corrected chi connectivity index (χ0v) is 13.9. The molecule has 0 amide bonds. The Labute approximate surface area is 150 Å². The third kappa shape index (κ3) is 4.73. The molecule has 0 unspecified atom stereocenters. The van der Waals surface area contributed by atoms with Crippen LogP contribution >= 0.6 is 0 Å². The van der Waals surface area contributed by atoms with E-state index in [1.807, 2.05) is 12.1 Å². The molecule has 130 valence electrons. The maximum Gasteiger partial charge on any atom is 0.338 e. The van der Waals surface area contributed by atoms with Crippen LogP contribution in [0.1, 0.15) is 32.1 Å². The first-order valence-electron chi connectivity index (χ1n) is 7.96. The molecule has 0 N–H and O–H groups in total. The zero-order valence-electron chi connectivity index (χ0n) is 13.9. The molecule has 3 aromatic rings. The van der Waals surface area contributed by atoms with Crippen molar-refractivity contribution in [3.8, 4) is 0 Å². The Hall–Kier alpha value is -3.54. The number of aromatic nitrogens is 2. The maximum atomic E-state index is 12.2. The molecule has 0 aliphatic heterocycles. The molecule has 0 saturated heterocycles. The molecule has 0 aliphatic rings. The summed E-state index contributed by atoms with van der Waals surface area (Å²) >= 11 is 0. The number of carbonyl (C=O) groups is 2. The lowest BCUT2D eigenvalue weighted by Crippen LogP contribution is -2.10. The molecule has 0 atom stereocenters. The van der Waals surface area contributed by atoms with Crippen LogP contribution in [0.3, 0.4) is 0 Å². The van der Waals surface area contributed by atoms with Gasteiger partial charge < -0.3 is 9.47 Å². The highest BCUT2D eigenvalue weighted by Gasteiger charge is 2.13. The molecule has 6 nitrogen and oxygen atoms in total. The van der Waals surface area contributed by atoms with Crippen LogP contribution in [-0.2, 0) is 22.7 Å². The van der Waals surface area contributed by atoms with E-state index in [1.54, 1.807) is 54.9 Å². The first-order chi connectivity index (χ1) is 12.7. The zero-order chi connectivity index (χ0) is 18.2. The van der Waals surface area contributed by atoms with Gasteiger partial charge in [0.2, 0.25) is 0 Å². The van der Waals surface area contributed by atoms with E-state index in [2.05, 4.69) is 9.97 Å². The summed E-state index contributed by atoms with van der Waals surface area (Å²) in [6.45, 7) is 0.127. The summed E-state index contributed by atoms with van der Waals surface area (Å²) in [5.74, 6) is -1.06. The number of pyridine rings is 2. The van der Waals surface area contributed by atoms with Gasteiger partial charge in [-0.25, -0.2) is 9.59 Å². The third-order valence-corrected chi connectivity index (χ3v) is 3.49. The van der Waals surface area contributed by atoms with Crippen molar-refractivity contribution in [3.05, 3.63) is 95.6 Å². The van der Waals surface area contributed by atoms with Crippen molar-refractivity contribution in [1.82, 2.24) is 9.97 Å². The molecule has 0 spiro atoms. The Kier molecular flexibility index (Phi) is 5.67. The molecule has 0 saturated carbocycles. The summed E-state index contributed by atoms with van der Waals surface area (Å²) in [4.78, 5) is 32.5. The van der Waals surface area contributed by atoms with Crippen LogP contribution in [0, 0.1) is 0 Å². The highest BCUT2D eigenvalue weighted by molar-refractivity contribution is 5.95. The van der Waals surface area contributed by atoms with E-state index in [9.17, 15) is 9.59 Å². The van der Waals surface area contributed by atoms with Crippen LogP contribution in [-0.4, -0.2) is 21.9 Å². The lowest BCUT2D eigenvalue weighted by molar-refractivity contribution is 0.0465. The van der Waals surface area contributed by atoms with E-state index in [0.717, 1.165) is 0 Å². The second-order valence-electron chi connectivity index (χ2n) is 5.38. The summed E-state index contributed by atoms with van der Waals surface area (Å²) in [7, 11) is 0. The van der Waals surface area contributed by atoms with Gasteiger partial charge in [-0.15, -0.1) is 0 Å². The van der Waals surface area contributed by atoms with Crippen molar-refractivity contribution < 1.29 is 19.1 Å². The van der Waals surface area contributed by atoms with E-state index in [-0.39, 0.29) is 24.3 Å². The first-order valence-corrected chi connectivity index (χ1v) is 7.96. The van der Waals surface area contributed by atoms with Gasteiger partial charge in [0.05, 0.1) is 22.5 Å². The van der Waals surface area contributed by atoms with Gasteiger partial charge in [0.15, 0.2) is 0 Å². The number of hydrogen-bond donors (Lipinski definition) is 0. The summed E-state index contributed by atoms with van der Waals surface area (Å²) in [5, 5.41) is 0. The van der Waals surface area contributed by atoms with E-state index in [4.69, 9.17) is 9.47 Å². The van der Waals surface area contributed by atoms with Crippen molar-refractivity contribution in [3.63, 3.8) is 0 Å². The largest absolute Gasteiger partial charge is 0.456 e. The van der Waals surface area contributed by atoms with Crippen molar-refractivity contribution in [2.75, 3.05) is 0 Å². The Morgan fingerprint density at radius 2 is 1.19 bits per heavy atom. The molecule has 0 radical (unpaired) electrons. The third-order valence-electron chi connectivity index (χ3n) is 3.49. The maximum absolute atomic E-state index is 12.2. The van der Waals surface area contributed by atoms with E-state index in [1.165, 1.54) is 6.07 Å². The average Bonchev–Trinajstić information content (AvgIpc) is 2.72. The molecule has 2 aromatic heterocycles. The number of carbonyl (C=O) groups excluding carboxylic acids is 2. The summed E-state index contributed by atoms with van der Waals surface area (Å²) in [6, 6.07) is 16.9. The fraction of sp³-hybridized carbons (Fsp3) is 0.100. The second kappa shape index (κ2) is 8.53. The van der Waals surface area contributed by atoms with E-state index >= 15 is 0 Å². The van der Waals surface area contributed by atoms with Crippen molar-refractivity contribution in [2.45, 2.75) is 13.2 Å². The molecule has 0 aliphatic carbocycles. The fourth-order valence-corrected chi connectivity index (χ4v) is 2.19. The van der Waals surface area contributed by atoms with Gasteiger partial charge in [-0.1, -0.05) is 18.2 Å². The standard InChI is InChI=1S/C20H16N2O4/c23-19(25-13-17-8-1-3-10-21-17)15-6-5-7-16(12-15)20(24)26-14-18-9-2-4-11-22-18/h1-12H,13-14H2. The highest BCUT2D eigenvalue weighted by atomic mass is 16.5. The first kappa shape index (κ1) is 17.3. The fourth-order valence-electron chi connectivity index (χ4n) is 2.19. The van der Waals surface area contributed by atoms with Gasteiger partial charge in [0, 0.05) is 12.4 Å². The number of nitrogens with zero attached hydrogens (tertiary/aromatic N) is 2. The molecule has 6 heteroatoms. The van der Waals surface area contributed by atoms with E-state index in [0.29, 0.717) is 11.4 Å². The Balaban J connectivity index is 1.60. The Morgan fingerprint density at radius 3 is 1.62 bits per heavy atom. The average molecular weight is 348 g/mol. The quantitative estimate of drug-likeness (QED) is 0.637. The lowest BCUT2D eigenvalue weighted by atomic mass is 10.1. The molecule has 3 rings (SSSR count). The normalized spacial score (nSPS) is 10.2. The lowest BCUT2D eigenvalue weighted by Gasteiger charge is -2.07. The Bertz CT molecular complexity index is 812. The SMILES string of the molecule is O=C(OCc1ccccn1)c1cccc(C(=O)OCc2ccccn2)c1. The van der Waals surface area contributed by atoms with E-state index < -0.39 is 11.9 Å². The molecule has 2 heterocycles. The minimum absolute atomic E-state index is 0.0635. The monoisotopic (exact) mass is 348 g/mol. The van der Waals surface area contributed by atoms with Gasteiger partial charge in [-0.05, 0) is 42.5 Å². The molecule has 0 fully saturated rings. The second-order valence-corrected chi connectivity index (χ2v) is 5.38. The van der Waals surface area contributed by atoms with Crippen molar-refractivity contribution >= 4 is 11.9 Å². The summed E-state index contributed by atoms with van der Waals surface area (Å²) < 4.78 is 10.4. The molecular formula is C20H16N2O4. The van der Waals surface area contributed by atoms with Gasteiger partial charge >= 0.3 is 11.9 Å². The van der Waals surface area contributed by atoms with Crippen molar-refractivity contribution in [2.24, 2.45) is 0 Å². The van der Waals surface area contributed by atoms with Crippen LogP contribution in [0.4, 0.5) is 0 Å². The summed E-state index contributed by atoms with van der Waals surface area (Å²) in [5.41, 5.74) is 1.83. The molecule has 0 bridgehead atoms. The van der Waals surface area contributed by atoms with Crippen LogP contribution in [0.5, 0.6) is 0 Å². The summed E-state index contributed by atoms with van der Waals surface area (Å²) in [6.07, 6.45) is 3.25. The van der Waals surface area contributed by atoms with Crippen LogP contribution in [0.15, 0.2) is 73.1 Å². The van der Waals surface area contributed by atoms with Gasteiger partial charge in [0.25, 0.3) is 0 Å². The molecule has 26 heavy (non-hydrogen) atoms. The number of benzene rings is 1. The van der Waals surface area contributed by atoms with Crippen LogP contribution < -0.4 is 0 Å². The Morgan fingerprint density at radius 1 is 0.692 bits per heavy atom. The topological polar surface area (TPSA) is 78.4 Å². The van der Waals surface area contributed by atoms with Gasteiger partial charge in [-0.2, -0.15) is 0 Å². The minimum atomic E-state index is -0.532. The van der Waals surface area contributed by atoms with Crippen LogP contribution in [0.2, 0.25) is 0 Å². The molecule has 1 aromatic carbocycles. The predicted octanol–water partition coefficient (Wildman–Crippen LogP) is 3.19. The number of hydrogen-bond acceptors (Lipinski definition) is 6.